The summed E-state index contributed by atoms with van der Waals surface area (Å²) >= 11 is 0. The number of carbonyl (C=O) groups excluding carboxylic acids is 2. The number of unbranched alkanes of at least 4 members (excludes halogenated alkanes) is 1. The van der Waals surface area contributed by atoms with Gasteiger partial charge in [-0.05, 0) is 25.8 Å². The van der Waals surface area contributed by atoms with Gasteiger partial charge in [-0.3, -0.25) is 14.4 Å². The summed E-state index contributed by atoms with van der Waals surface area (Å²) in [6.07, 6.45) is 1.59. The van der Waals surface area contributed by atoms with Crippen molar-refractivity contribution in [2.45, 2.75) is 44.2 Å². The molecule has 0 saturated heterocycles. The SMILES string of the molecule is NCCCCC(N)C(=O)OCOC(=O)C(N)CCC(=O)O. The van der Waals surface area contributed by atoms with Crippen LogP contribution in [0.1, 0.15) is 32.1 Å². The Hall–Kier alpha value is -1.71. The molecule has 0 rings (SSSR count). The van der Waals surface area contributed by atoms with E-state index >= 15 is 0 Å². The van der Waals surface area contributed by atoms with E-state index in [9.17, 15) is 14.4 Å². The van der Waals surface area contributed by atoms with Crippen molar-refractivity contribution >= 4 is 17.9 Å². The highest BCUT2D eigenvalue weighted by molar-refractivity contribution is 5.77. The lowest BCUT2D eigenvalue weighted by molar-refractivity contribution is -0.169. The van der Waals surface area contributed by atoms with Crippen molar-refractivity contribution < 1.29 is 29.0 Å². The minimum absolute atomic E-state index is 0.0548. The largest absolute Gasteiger partial charge is 0.481 e. The summed E-state index contributed by atoms with van der Waals surface area (Å²) in [6, 6.07) is -1.87. The van der Waals surface area contributed by atoms with Crippen molar-refractivity contribution in [3.63, 3.8) is 0 Å². The first-order valence-electron chi connectivity index (χ1n) is 6.64. The molecule has 0 bridgehead atoms. The van der Waals surface area contributed by atoms with Gasteiger partial charge >= 0.3 is 17.9 Å². The lowest BCUT2D eigenvalue weighted by Gasteiger charge is -2.13. The zero-order chi connectivity index (χ0) is 16.3. The Balaban J connectivity index is 3.83. The molecule has 0 fully saturated rings. The van der Waals surface area contributed by atoms with Crippen molar-refractivity contribution in [3.05, 3.63) is 0 Å². The van der Waals surface area contributed by atoms with E-state index in [1.165, 1.54) is 0 Å². The van der Waals surface area contributed by atoms with Crippen LogP contribution < -0.4 is 17.2 Å². The molecule has 0 aromatic heterocycles. The molecule has 9 heteroatoms. The molecule has 7 N–H and O–H groups in total. The highest BCUT2D eigenvalue weighted by Gasteiger charge is 2.18. The number of carboxylic acid groups (broad SMARTS) is 1. The second-order valence-electron chi connectivity index (χ2n) is 4.47. The normalized spacial score (nSPS) is 13.3. The average Bonchev–Trinajstić information content (AvgIpc) is 2.44. The predicted molar refractivity (Wildman–Crippen MR) is 72.8 cm³/mol. The number of aliphatic carboxylic acids is 1. The van der Waals surface area contributed by atoms with Gasteiger partial charge in [-0.1, -0.05) is 6.42 Å². The summed E-state index contributed by atoms with van der Waals surface area (Å²) in [4.78, 5) is 33.1. The maximum Gasteiger partial charge on any atom is 0.325 e. The fourth-order valence-corrected chi connectivity index (χ4v) is 1.38. The van der Waals surface area contributed by atoms with Gasteiger partial charge in [0.15, 0.2) is 0 Å². The highest BCUT2D eigenvalue weighted by Crippen LogP contribution is 2.01. The quantitative estimate of drug-likeness (QED) is 0.205. The third-order valence-corrected chi connectivity index (χ3v) is 2.65. The first-order chi connectivity index (χ1) is 9.88. The fraction of sp³-hybridized carbons (Fsp3) is 0.750. The third kappa shape index (κ3) is 9.77. The number of rotatable bonds is 11. The van der Waals surface area contributed by atoms with E-state index in [4.69, 9.17) is 22.3 Å². The zero-order valence-electron chi connectivity index (χ0n) is 11.8. The molecule has 0 radical (unpaired) electrons. The van der Waals surface area contributed by atoms with Crippen molar-refractivity contribution in [2.24, 2.45) is 17.2 Å². The van der Waals surface area contributed by atoms with Crippen LogP contribution in [0.4, 0.5) is 0 Å². The second kappa shape index (κ2) is 11.0. The first-order valence-corrected chi connectivity index (χ1v) is 6.64. The molecule has 0 aliphatic carbocycles. The summed E-state index contributed by atoms with van der Waals surface area (Å²) in [5.74, 6) is -2.58. The molecule has 9 nitrogen and oxygen atoms in total. The topological polar surface area (TPSA) is 168 Å². The van der Waals surface area contributed by atoms with Crippen LogP contribution in [0.3, 0.4) is 0 Å². The number of hydrogen-bond acceptors (Lipinski definition) is 8. The van der Waals surface area contributed by atoms with Crippen LogP contribution in [0.2, 0.25) is 0 Å². The lowest BCUT2D eigenvalue weighted by atomic mass is 10.1. The zero-order valence-corrected chi connectivity index (χ0v) is 11.8. The molecule has 2 unspecified atom stereocenters. The van der Waals surface area contributed by atoms with Gasteiger partial charge in [0, 0.05) is 6.42 Å². The van der Waals surface area contributed by atoms with Gasteiger partial charge in [0.2, 0.25) is 6.79 Å². The molecule has 0 aromatic rings. The van der Waals surface area contributed by atoms with Gasteiger partial charge in [0.25, 0.3) is 0 Å². The molecule has 2 atom stereocenters. The fourth-order valence-electron chi connectivity index (χ4n) is 1.38. The Bertz CT molecular complexity index is 350. The molecule has 0 aliphatic rings. The predicted octanol–water partition coefficient (Wildman–Crippen LogP) is -1.32. The summed E-state index contributed by atoms with van der Waals surface area (Å²) in [7, 11) is 0. The first kappa shape index (κ1) is 19.3. The van der Waals surface area contributed by atoms with E-state index in [-0.39, 0.29) is 12.8 Å². The number of ether oxygens (including phenoxy) is 2. The van der Waals surface area contributed by atoms with E-state index in [1.54, 1.807) is 0 Å². The molecule has 0 spiro atoms. The van der Waals surface area contributed by atoms with Gasteiger partial charge in [-0.15, -0.1) is 0 Å². The van der Waals surface area contributed by atoms with E-state index in [2.05, 4.69) is 9.47 Å². The van der Waals surface area contributed by atoms with E-state index in [1.807, 2.05) is 0 Å². The number of nitrogens with two attached hydrogens (primary N) is 3. The summed E-state index contributed by atoms with van der Waals surface area (Å²) in [6.45, 7) is -0.0728. The molecule has 0 aromatic carbocycles. The van der Waals surface area contributed by atoms with E-state index < -0.39 is 36.8 Å². The summed E-state index contributed by atoms with van der Waals surface area (Å²) in [5, 5.41) is 8.44. The van der Waals surface area contributed by atoms with Gasteiger partial charge in [0.05, 0.1) is 0 Å². The van der Waals surface area contributed by atoms with Crippen LogP contribution >= 0.6 is 0 Å². The third-order valence-electron chi connectivity index (χ3n) is 2.65. The van der Waals surface area contributed by atoms with Crippen molar-refractivity contribution in [2.75, 3.05) is 13.3 Å². The Kier molecular flexibility index (Phi) is 10.1. The standard InChI is InChI=1S/C12H23N3O6/c13-6-2-1-3-8(14)11(18)20-7-21-12(19)9(15)4-5-10(16)17/h8-9H,1-7,13-15H2,(H,16,17). The van der Waals surface area contributed by atoms with Crippen LogP contribution in [0, 0.1) is 0 Å². The maximum atomic E-state index is 11.4. The number of hydrogen-bond donors (Lipinski definition) is 4. The van der Waals surface area contributed by atoms with Crippen LogP contribution in [-0.2, 0) is 23.9 Å². The lowest BCUT2D eigenvalue weighted by Crippen LogP contribution is -2.36. The van der Waals surface area contributed by atoms with Gasteiger partial charge < -0.3 is 31.8 Å². The summed E-state index contributed by atoms with van der Waals surface area (Å²) in [5.41, 5.74) is 16.3. The Morgan fingerprint density at radius 1 is 0.952 bits per heavy atom. The van der Waals surface area contributed by atoms with Crippen LogP contribution in [-0.4, -0.2) is 48.4 Å². The monoisotopic (exact) mass is 305 g/mol. The second-order valence-corrected chi connectivity index (χ2v) is 4.47. The van der Waals surface area contributed by atoms with E-state index in [0.29, 0.717) is 19.4 Å². The Morgan fingerprint density at radius 3 is 1.95 bits per heavy atom. The summed E-state index contributed by atoms with van der Waals surface area (Å²) < 4.78 is 9.28. The molecule has 0 aliphatic heterocycles. The van der Waals surface area contributed by atoms with Crippen LogP contribution in [0.15, 0.2) is 0 Å². The minimum Gasteiger partial charge on any atom is -0.481 e. The minimum atomic E-state index is -1.07. The maximum absolute atomic E-state index is 11.4. The molecule has 122 valence electrons. The Labute approximate surface area is 122 Å². The molecular formula is C12H23N3O6. The number of carbonyl (C=O) groups is 3. The van der Waals surface area contributed by atoms with Crippen LogP contribution in [0.25, 0.3) is 0 Å². The Morgan fingerprint density at radius 2 is 1.48 bits per heavy atom. The number of carboxylic acids is 1. The van der Waals surface area contributed by atoms with Crippen molar-refractivity contribution in [1.29, 1.82) is 0 Å². The number of esters is 2. The van der Waals surface area contributed by atoms with Gasteiger partial charge in [0.1, 0.15) is 12.1 Å². The smallest absolute Gasteiger partial charge is 0.325 e. The van der Waals surface area contributed by atoms with E-state index in [0.717, 1.165) is 6.42 Å². The molecule has 21 heavy (non-hydrogen) atoms. The van der Waals surface area contributed by atoms with Crippen LogP contribution in [0.5, 0.6) is 0 Å². The molecule has 0 saturated carbocycles. The van der Waals surface area contributed by atoms with Gasteiger partial charge in [-0.25, -0.2) is 0 Å². The highest BCUT2D eigenvalue weighted by atomic mass is 16.7. The average molecular weight is 305 g/mol. The molecule has 0 amide bonds. The van der Waals surface area contributed by atoms with Crippen molar-refractivity contribution in [3.8, 4) is 0 Å². The van der Waals surface area contributed by atoms with Gasteiger partial charge in [-0.2, -0.15) is 0 Å². The molecule has 0 heterocycles. The van der Waals surface area contributed by atoms with Crippen molar-refractivity contribution in [1.82, 2.24) is 0 Å². The molecular weight excluding hydrogens is 282 g/mol.